The van der Waals surface area contributed by atoms with Crippen LogP contribution in [-0.4, -0.2) is 58.0 Å². The molecule has 3 N–H and O–H groups in total. The number of nitrogens with two attached hydrogens (primary N) is 1. The van der Waals surface area contributed by atoms with Crippen LogP contribution in [0.4, 0.5) is 13.2 Å². The predicted molar refractivity (Wildman–Crippen MR) is 107 cm³/mol. The Morgan fingerprint density at radius 1 is 1.00 bits per heavy atom. The fourth-order valence-electron chi connectivity index (χ4n) is 3.61. The molecule has 10 heteroatoms. The second-order valence-electron chi connectivity index (χ2n) is 7.39. The molecule has 0 radical (unpaired) electrons. The number of aromatic nitrogens is 2. The first-order valence-electron chi connectivity index (χ1n) is 9.68. The Morgan fingerprint density at radius 2 is 1.65 bits per heavy atom. The number of carbonyl (C=O) groups excluding carboxylic acids is 2. The van der Waals surface area contributed by atoms with Gasteiger partial charge >= 0.3 is 6.18 Å². The Labute approximate surface area is 175 Å². The number of benzene rings is 2. The van der Waals surface area contributed by atoms with Crippen molar-refractivity contribution in [1.82, 2.24) is 20.0 Å². The van der Waals surface area contributed by atoms with Crippen molar-refractivity contribution in [2.75, 3.05) is 26.2 Å². The van der Waals surface area contributed by atoms with Crippen molar-refractivity contribution in [3.8, 4) is 0 Å². The van der Waals surface area contributed by atoms with Crippen LogP contribution in [0.3, 0.4) is 0 Å². The Bertz CT molecular complexity index is 1100. The van der Waals surface area contributed by atoms with E-state index in [1.54, 1.807) is 29.3 Å². The molecule has 0 spiro atoms. The molecule has 0 aliphatic carbocycles. The fraction of sp³-hybridized carbons (Fsp3) is 0.286. The van der Waals surface area contributed by atoms with E-state index in [2.05, 4.69) is 10.2 Å². The highest BCUT2D eigenvalue weighted by Gasteiger charge is 2.32. The maximum absolute atomic E-state index is 12.8. The van der Waals surface area contributed by atoms with Crippen LogP contribution >= 0.6 is 0 Å². The summed E-state index contributed by atoms with van der Waals surface area (Å²) in [5.74, 6) is -0.520. The highest BCUT2D eigenvalue weighted by Crippen LogP contribution is 2.30. The van der Waals surface area contributed by atoms with Crippen molar-refractivity contribution in [3.63, 3.8) is 0 Å². The Balaban J connectivity index is 1.37. The second-order valence-corrected chi connectivity index (χ2v) is 7.39. The summed E-state index contributed by atoms with van der Waals surface area (Å²) in [6.45, 7) is 1.28. The first kappa shape index (κ1) is 20.9. The van der Waals surface area contributed by atoms with Crippen LogP contribution in [0.25, 0.3) is 10.9 Å². The lowest BCUT2D eigenvalue weighted by Crippen LogP contribution is -2.52. The first-order chi connectivity index (χ1) is 14.7. The molecule has 7 nitrogen and oxygen atoms in total. The van der Waals surface area contributed by atoms with Gasteiger partial charge in [-0.05, 0) is 35.9 Å². The van der Waals surface area contributed by atoms with Crippen molar-refractivity contribution in [3.05, 3.63) is 65.4 Å². The number of amides is 2. The van der Waals surface area contributed by atoms with Gasteiger partial charge in [0.1, 0.15) is 6.04 Å². The molecule has 1 saturated heterocycles. The number of nitrogens with zero attached hydrogens (tertiary/aromatic N) is 3. The number of piperazine rings is 1. The average molecular weight is 431 g/mol. The molecule has 31 heavy (non-hydrogen) atoms. The highest BCUT2D eigenvalue weighted by molar-refractivity contribution is 5.98. The summed E-state index contributed by atoms with van der Waals surface area (Å²) >= 11 is 0. The van der Waals surface area contributed by atoms with Crippen molar-refractivity contribution in [2.24, 2.45) is 5.73 Å². The zero-order valence-electron chi connectivity index (χ0n) is 16.4. The number of carbonyl (C=O) groups is 2. The maximum atomic E-state index is 12.8. The molecule has 1 atom stereocenters. The van der Waals surface area contributed by atoms with Crippen LogP contribution in [0.2, 0.25) is 0 Å². The third-order valence-electron chi connectivity index (χ3n) is 5.43. The van der Waals surface area contributed by atoms with Gasteiger partial charge in [0, 0.05) is 37.1 Å². The Hall–Kier alpha value is -3.40. The summed E-state index contributed by atoms with van der Waals surface area (Å²) in [6.07, 6.45) is -2.80. The molecule has 1 unspecified atom stereocenters. The summed E-state index contributed by atoms with van der Waals surface area (Å²) in [5, 5.41) is 7.61. The van der Waals surface area contributed by atoms with Crippen LogP contribution < -0.4 is 5.73 Å². The second kappa shape index (κ2) is 8.03. The highest BCUT2D eigenvalue weighted by atomic mass is 19.4. The van der Waals surface area contributed by atoms with Crippen LogP contribution in [0.1, 0.15) is 27.5 Å². The zero-order valence-corrected chi connectivity index (χ0v) is 16.4. The standard InChI is InChI=1S/C21H20F3N5O2/c22-21(23,24)16-4-1-13(2-5-16)18(25)20(31)29-9-7-28(8-10-29)19(30)14-3-6-17-15(11-14)12-26-27-17/h1-6,11-12,18H,7-10,25H2,(H,26,27). The molecule has 162 valence electrons. The molecule has 2 aromatic carbocycles. The number of hydrogen-bond donors (Lipinski definition) is 2. The molecule has 1 fully saturated rings. The molecule has 1 aromatic heterocycles. The lowest BCUT2D eigenvalue weighted by Gasteiger charge is -2.36. The number of halogens is 3. The molecule has 3 aromatic rings. The van der Waals surface area contributed by atoms with E-state index < -0.39 is 17.8 Å². The summed E-state index contributed by atoms with van der Waals surface area (Å²) in [4.78, 5) is 28.7. The van der Waals surface area contributed by atoms with E-state index in [0.717, 1.165) is 23.0 Å². The van der Waals surface area contributed by atoms with Crippen molar-refractivity contribution < 1.29 is 22.8 Å². The fourth-order valence-corrected chi connectivity index (χ4v) is 3.61. The van der Waals surface area contributed by atoms with Gasteiger partial charge in [-0.2, -0.15) is 18.3 Å². The Kier molecular flexibility index (Phi) is 5.40. The minimum atomic E-state index is -4.45. The van der Waals surface area contributed by atoms with E-state index in [-0.39, 0.29) is 11.8 Å². The van der Waals surface area contributed by atoms with E-state index in [4.69, 9.17) is 5.73 Å². The van der Waals surface area contributed by atoms with Gasteiger partial charge in [-0.1, -0.05) is 12.1 Å². The van der Waals surface area contributed by atoms with E-state index in [1.165, 1.54) is 17.0 Å². The average Bonchev–Trinajstić information content (AvgIpc) is 3.25. The number of H-pyrrole nitrogens is 1. The predicted octanol–water partition coefficient (Wildman–Crippen LogP) is 2.57. The van der Waals surface area contributed by atoms with Crippen LogP contribution in [-0.2, 0) is 11.0 Å². The van der Waals surface area contributed by atoms with Crippen molar-refractivity contribution >= 4 is 22.7 Å². The van der Waals surface area contributed by atoms with Gasteiger partial charge in [-0.25, -0.2) is 0 Å². The van der Waals surface area contributed by atoms with Gasteiger partial charge in [0.2, 0.25) is 5.91 Å². The van der Waals surface area contributed by atoms with Gasteiger partial charge in [0.05, 0.1) is 17.3 Å². The van der Waals surface area contributed by atoms with Crippen molar-refractivity contribution in [2.45, 2.75) is 12.2 Å². The third-order valence-corrected chi connectivity index (χ3v) is 5.43. The van der Waals surface area contributed by atoms with Crippen LogP contribution in [0.5, 0.6) is 0 Å². The lowest BCUT2D eigenvalue weighted by atomic mass is 10.0. The molecular weight excluding hydrogens is 411 g/mol. The van der Waals surface area contributed by atoms with Gasteiger partial charge < -0.3 is 15.5 Å². The maximum Gasteiger partial charge on any atom is 0.416 e. The number of alkyl halides is 3. The van der Waals surface area contributed by atoms with E-state index in [9.17, 15) is 22.8 Å². The molecule has 0 saturated carbocycles. The van der Waals surface area contributed by atoms with Gasteiger partial charge in [0.15, 0.2) is 0 Å². The summed E-state index contributed by atoms with van der Waals surface area (Å²) in [5.41, 5.74) is 6.88. The van der Waals surface area contributed by atoms with E-state index >= 15 is 0 Å². The summed E-state index contributed by atoms with van der Waals surface area (Å²) in [6, 6.07) is 8.48. The molecule has 1 aliphatic rings. The minimum absolute atomic E-state index is 0.137. The SMILES string of the molecule is NC(C(=O)N1CCN(C(=O)c2ccc3[nH]ncc3c2)CC1)c1ccc(C(F)(F)F)cc1. The van der Waals surface area contributed by atoms with Crippen LogP contribution in [0.15, 0.2) is 48.7 Å². The quantitative estimate of drug-likeness (QED) is 0.666. The zero-order chi connectivity index (χ0) is 22.2. The molecule has 4 rings (SSSR count). The third kappa shape index (κ3) is 4.24. The monoisotopic (exact) mass is 431 g/mol. The largest absolute Gasteiger partial charge is 0.416 e. The molecular formula is C21H20F3N5O2. The topological polar surface area (TPSA) is 95.3 Å². The van der Waals surface area contributed by atoms with Crippen LogP contribution in [0, 0.1) is 0 Å². The lowest BCUT2D eigenvalue weighted by molar-refractivity contribution is -0.137. The van der Waals surface area contributed by atoms with Gasteiger partial charge in [-0.15, -0.1) is 0 Å². The first-order valence-corrected chi connectivity index (χ1v) is 9.68. The number of fused-ring (bicyclic) bond motifs is 1. The number of aromatic amines is 1. The smallest absolute Gasteiger partial charge is 0.337 e. The number of hydrogen-bond acceptors (Lipinski definition) is 4. The minimum Gasteiger partial charge on any atom is -0.337 e. The van der Waals surface area contributed by atoms with E-state index in [1.807, 2.05) is 0 Å². The van der Waals surface area contributed by atoms with Crippen molar-refractivity contribution in [1.29, 1.82) is 0 Å². The number of nitrogens with one attached hydrogen (secondary N) is 1. The van der Waals surface area contributed by atoms with Gasteiger partial charge in [-0.3, -0.25) is 14.7 Å². The normalized spacial score (nSPS) is 15.9. The number of rotatable bonds is 3. The summed E-state index contributed by atoms with van der Waals surface area (Å²) in [7, 11) is 0. The molecule has 2 amide bonds. The molecule has 2 heterocycles. The van der Waals surface area contributed by atoms with E-state index in [0.29, 0.717) is 37.3 Å². The summed E-state index contributed by atoms with van der Waals surface area (Å²) < 4.78 is 38.1. The molecule has 0 bridgehead atoms. The molecule has 1 aliphatic heterocycles. The Morgan fingerprint density at radius 3 is 2.29 bits per heavy atom. The van der Waals surface area contributed by atoms with Gasteiger partial charge in [0.25, 0.3) is 5.91 Å².